The van der Waals surface area contributed by atoms with Gasteiger partial charge in [-0.2, -0.15) is 0 Å². The third kappa shape index (κ3) is 3.60. The topological polar surface area (TPSA) is 70.1 Å². The molecular formula is C12H22N2O4. The summed E-state index contributed by atoms with van der Waals surface area (Å²) in [5.74, 6) is -0.197. The molecule has 0 bridgehead atoms. The zero-order valence-corrected chi connectivity index (χ0v) is 11.6. The number of carbonyl (C=O) groups is 2. The maximum atomic E-state index is 12.0. The average molecular weight is 258 g/mol. The van der Waals surface area contributed by atoms with Gasteiger partial charge in [0, 0.05) is 20.5 Å². The van der Waals surface area contributed by atoms with Crippen LogP contribution in [0.5, 0.6) is 0 Å². The summed E-state index contributed by atoms with van der Waals surface area (Å²) in [5.41, 5.74) is -0.615. The summed E-state index contributed by atoms with van der Waals surface area (Å²) >= 11 is 0. The average Bonchev–Trinajstić information content (AvgIpc) is 2.56. The first-order valence-electron chi connectivity index (χ1n) is 6.00. The van der Waals surface area contributed by atoms with Gasteiger partial charge in [0.25, 0.3) is 0 Å². The van der Waals surface area contributed by atoms with E-state index in [-0.39, 0.29) is 18.9 Å². The van der Waals surface area contributed by atoms with E-state index >= 15 is 0 Å². The van der Waals surface area contributed by atoms with Crippen LogP contribution < -0.4 is 0 Å². The minimum absolute atomic E-state index is 0.138. The van der Waals surface area contributed by atoms with Gasteiger partial charge in [-0.3, -0.25) is 9.69 Å². The van der Waals surface area contributed by atoms with E-state index in [1.807, 2.05) is 0 Å². The smallest absolute Gasteiger partial charge is 0.411 e. The molecule has 2 amide bonds. The number of amides is 2. The zero-order chi connectivity index (χ0) is 14.1. The van der Waals surface area contributed by atoms with E-state index in [4.69, 9.17) is 4.74 Å². The first kappa shape index (κ1) is 14.8. The lowest BCUT2D eigenvalue weighted by Gasteiger charge is -2.28. The SMILES string of the molecule is CN(C)C(=O)C1C[C@@H](O)CN1C(=O)OC(C)(C)C. The quantitative estimate of drug-likeness (QED) is 0.741. The van der Waals surface area contributed by atoms with Crippen molar-refractivity contribution in [3.05, 3.63) is 0 Å². The number of nitrogens with zero attached hydrogens (tertiary/aromatic N) is 2. The number of β-amino-alcohol motifs (C(OH)–C–C–N with tert-alkyl or cyclic N) is 1. The fourth-order valence-corrected chi connectivity index (χ4v) is 1.87. The van der Waals surface area contributed by atoms with E-state index in [0.717, 1.165) is 0 Å². The second kappa shape index (κ2) is 5.14. The highest BCUT2D eigenvalue weighted by molar-refractivity contribution is 5.86. The van der Waals surface area contributed by atoms with Gasteiger partial charge in [0.15, 0.2) is 0 Å². The monoisotopic (exact) mass is 258 g/mol. The Hall–Kier alpha value is -1.30. The molecule has 1 unspecified atom stereocenters. The van der Waals surface area contributed by atoms with Gasteiger partial charge in [-0.15, -0.1) is 0 Å². The van der Waals surface area contributed by atoms with Crippen LogP contribution in [0.15, 0.2) is 0 Å². The molecule has 0 spiro atoms. The molecule has 0 aromatic carbocycles. The molecule has 0 aromatic rings. The van der Waals surface area contributed by atoms with Crippen LogP contribution in [0.3, 0.4) is 0 Å². The van der Waals surface area contributed by atoms with Gasteiger partial charge in [-0.05, 0) is 20.8 Å². The molecule has 6 heteroatoms. The summed E-state index contributed by atoms with van der Waals surface area (Å²) in [6.45, 7) is 5.43. The molecule has 0 aliphatic carbocycles. The first-order chi connectivity index (χ1) is 8.11. The molecule has 0 saturated carbocycles. The highest BCUT2D eigenvalue weighted by Crippen LogP contribution is 2.22. The Morgan fingerprint density at radius 2 is 1.89 bits per heavy atom. The van der Waals surface area contributed by atoms with Gasteiger partial charge in [-0.1, -0.05) is 0 Å². The number of aliphatic hydroxyl groups is 1. The molecule has 1 heterocycles. The number of ether oxygens (including phenoxy) is 1. The molecule has 1 fully saturated rings. The van der Waals surface area contributed by atoms with E-state index in [2.05, 4.69) is 0 Å². The molecule has 104 valence electrons. The fourth-order valence-electron chi connectivity index (χ4n) is 1.87. The van der Waals surface area contributed by atoms with Crippen LogP contribution in [-0.4, -0.2) is 65.3 Å². The minimum Gasteiger partial charge on any atom is -0.444 e. The summed E-state index contributed by atoms with van der Waals surface area (Å²) in [5, 5.41) is 9.63. The maximum Gasteiger partial charge on any atom is 0.411 e. The molecule has 18 heavy (non-hydrogen) atoms. The van der Waals surface area contributed by atoms with Crippen LogP contribution in [0.4, 0.5) is 4.79 Å². The molecule has 0 radical (unpaired) electrons. The number of hydrogen-bond acceptors (Lipinski definition) is 4. The van der Waals surface area contributed by atoms with Crippen LogP contribution >= 0.6 is 0 Å². The Bertz CT molecular complexity index is 335. The summed E-state index contributed by atoms with van der Waals surface area (Å²) in [4.78, 5) is 26.6. The van der Waals surface area contributed by atoms with Gasteiger partial charge in [0.05, 0.1) is 12.6 Å². The van der Waals surface area contributed by atoms with Crippen molar-refractivity contribution < 1.29 is 19.4 Å². The Morgan fingerprint density at radius 1 is 1.33 bits per heavy atom. The lowest BCUT2D eigenvalue weighted by atomic mass is 10.2. The number of hydrogen-bond donors (Lipinski definition) is 1. The Labute approximate surface area is 107 Å². The van der Waals surface area contributed by atoms with Crippen LogP contribution in [0.25, 0.3) is 0 Å². The predicted octanol–water partition coefficient (Wildman–Crippen LogP) is 0.445. The zero-order valence-electron chi connectivity index (χ0n) is 11.6. The molecular weight excluding hydrogens is 236 g/mol. The fraction of sp³-hybridized carbons (Fsp3) is 0.833. The van der Waals surface area contributed by atoms with E-state index in [0.29, 0.717) is 0 Å². The summed E-state index contributed by atoms with van der Waals surface area (Å²) in [7, 11) is 3.25. The van der Waals surface area contributed by atoms with E-state index < -0.39 is 23.8 Å². The van der Waals surface area contributed by atoms with E-state index in [1.165, 1.54) is 9.80 Å². The minimum atomic E-state index is -0.675. The third-order valence-corrected chi connectivity index (χ3v) is 2.63. The Kier molecular flexibility index (Phi) is 4.21. The predicted molar refractivity (Wildman–Crippen MR) is 66.0 cm³/mol. The van der Waals surface area contributed by atoms with E-state index in [1.54, 1.807) is 34.9 Å². The number of aliphatic hydroxyl groups excluding tert-OH is 1. The van der Waals surface area contributed by atoms with Crippen LogP contribution in [0, 0.1) is 0 Å². The van der Waals surface area contributed by atoms with Crippen LogP contribution in [0.2, 0.25) is 0 Å². The van der Waals surface area contributed by atoms with Gasteiger partial charge >= 0.3 is 6.09 Å². The van der Waals surface area contributed by atoms with Gasteiger partial charge < -0.3 is 14.7 Å². The summed E-state index contributed by atoms with van der Waals surface area (Å²) in [6, 6.07) is -0.634. The molecule has 6 nitrogen and oxygen atoms in total. The van der Waals surface area contributed by atoms with Gasteiger partial charge in [0.2, 0.25) is 5.91 Å². The van der Waals surface area contributed by atoms with Gasteiger partial charge in [-0.25, -0.2) is 4.79 Å². The van der Waals surface area contributed by atoms with Crippen LogP contribution in [-0.2, 0) is 9.53 Å². The Morgan fingerprint density at radius 3 is 2.33 bits per heavy atom. The number of likely N-dealkylation sites (N-methyl/N-ethyl adjacent to an activating group) is 1. The van der Waals surface area contributed by atoms with Crippen molar-refractivity contribution in [2.24, 2.45) is 0 Å². The molecule has 1 N–H and O–H groups in total. The standard InChI is InChI=1S/C12H22N2O4/c1-12(2,3)18-11(17)14-7-8(15)6-9(14)10(16)13(4)5/h8-9,15H,6-7H2,1-5H3/t8-,9?/m1/s1. The second-order valence-corrected chi connectivity index (χ2v) is 5.77. The van der Waals surface area contributed by atoms with Crippen molar-refractivity contribution in [1.29, 1.82) is 0 Å². The lowest BCUT2D eigenvalue weighted by Crippen LogP contribution is -2.47. The number of likely N-dealkylation sites (tertiary alicyclic amines) is 1. The van der Waals surface area contributed by atoms with Crippen molar-refractivity contribution in [2.45, 2.75) is 44.9 Å². The van der Waals surface area contributed by atoms with Crippen LogP contribution in [0.1, 0.15) is 27.2 Å². The summed E-state index contributed by atoms with van der Waals surface area (Å²) in [6.07, 6.45) is -0.971. The molecule has 1 rings (SSSR count). The third-order valence-electron chi connectivity index (χ3n) is 2.63. The first-order valence-corrected chi connectivity index (χ1v) is 6.00. The molecule has 1 aliphatic heterocycles. The van der Waals surface area contributed by atoms with Gasteiger partial charge in [0.1, 0.15) is 11.6 Å². The largest absolute Gasteiger partial charge is 0.444 e. The van der Waals surface area contributed by atoms with Crippen molar-refractivity contribution in [3.63, 3.8) is 0 Å². The number of rotatable bonds is 1. The van der Waals surface area contributed by atoms with Crippen molar-refractivity contribution in [2.75, 3.05) is 20.6 Å². The highest BCUT2D eigenvalue weighted by Gasteiger charge is 2.41. The van der Waals surface area contributed by atoms with E-state index in [9.17, 15) is 14.7 Å². The Balaban J connectivity index is 2.79. The molecule has 0 aromatic heterocycles. The lowest BCUT2D eigenvalue weighted by molar-refractivity contribution is -0.133. The van der Waals surface area contributed by atoms with Crippen molar-refractivity contribution in [1.82, 2.24) is 9.80 Å². The molecule has 1 aliphatic rings. The van der Waals surface area contributed by atoms with Crippen molar-refractivity contribution in [3.8, 4) is 0 Å². The molecule has 1 saturated heterocycles. The number of carbonyl (C=O) groups excluding carboxylic acids is 2. The highest BCUT2D eigenvalue weighted by atomic mass is 16.6. The maximum absolute atomic E-state index is 12.0. The summed E-state index contributed by atoms with van der Waals surface area (Å²) < 4.78 is 5.24. The normalized spacial score (nSPS) is 24.0. The molecule has 2 atom stereocenters. The van der Waals surface area contributed by atoms with Crippen molar-refractivity contribution >= 4 is 12.0 Å². The second-order valence-electron chi connectivity index (χ2n) is 5.77.